The van der Waals surface area contributed by atoms with E-state index in [0.717, 1.165) is 50.4 Å². The number of halogens is 2. The van der Waals surface area contributed by atoms with E-state index in [-0.39, 0.29) is 20.1 Å². The fourth-order valence-electron chi connectivity index (χ4n) is 6.07. The molecule has 1 unspecified atom stereocenters. The summed E-state index contributed by atoms with van der Waals surface area (Å²) in [5.74, 6) is -1.43. The van der Waals surface area contributed by atoms with E-state index in [0.29, 0.717) is 42.0 Å². The van der Waals surface area contributed by atoms with Crippen LogP contribution in [-0.2, 0) is 30.2 Å². The standard InChI is InChI=1S/C34H47BCl2N2O6/c1-32(2)33(3,4)45-35(44-32)17-9-8-15-34(31(41)42,24-30(40)43-25-26-11-6-5-7-12-26)16-10-18-38-19-21-39(22-20-38)27-13-14-28(36)29(37)23-27/h5-7,11-14,23H,8-10,15-22,24-25H2,1-4H3,(H,41,42). The van der Waals surface area contributed by atoms with Gasteiger partial charge in [0.15, 0.2) is 0 Å². The molecule has 0 aromatic heterocycles. The van der Waals surface area contributed by atoms with Gasteiger partial charge in [-0.2, -0.15) is 0 Å². The van der Waals surface area contributed by atoms with Crippen LogP contribution < -0.4 is 4.90 Å². The molecule has 0 bridgehead atoms. The van der Waals surface area contributed by atoms with Crippen LogP contribution in [0.1, 0.15) is 71.8 Å². The van der Waals surface area contributed by atoms with Crippen LogP contribution >= 0.6 is 23.2 Å². The number of unbranched alkanes of at least 4 members (excludes halogenated alkanes) is 1. The molecule has 2 aliphatic rings. The average molecular weight is 661 g/mol. The third kappa shape index (κ3) is 9.61. The predicted molar refractivity (Wildman–Crippen MR) is 180 cm³/mol. The molecular formula is C34H47BCl2N2O6. The van der Waals surface area contributed by atoms with Gasteiger partial charge >= 0.3 is 19.1 Å². The number of hydrogen-bond donors (Lipinski definition) is 1. The average Bonchev–Trinajstić information content (AvgIpc) is 3.21. The Bertz CT molecular complexity index is 1270. The number of anilines is 1. The summed E-state index contributed by atoms with van der Waals surface area (Å²) >= 11 is 12.3. The molecule has 8 nitrogen and oxygen atoms in total. The Labute approximate surface area is 278 Å². The second-order valence-electron chi connectivity index (χ2n) is 13.4. The predicted octanol–water partition coefficient (Wildman–Crippen LogP) is 7.36. The number of esters is 1. The van der Waals surface area contributed by atoms with E-state index < -0.39 is 28.6 Å². The zero-order valence-corrected chi connectivity index (χ0v) is 28.5. The SMILES string of the molecule is CC1(C)OB(CCCCC(CCCN2CCN(c3ccc(Cl)c(Cl)c3)CC2)(CC(=O)OCc2ccccc2)C(=O)O)OC1(C)C. The van der Waals surface area contributed by atoms with Gasteiger partial charge in [0.2, 0.25) is 0 Å². The van der Waals surface area contributed by atoms with Crippen LogP contribution in [0.4, 0.5) is 5.69 Å². The molecule has 2 fully saturated rings. The van der Waals surface area contributed by atoms with Crippen molar-refractivity contribution in [3.05, 3.63) is 64.1 Å². The normalized spacial score (nSPS) is 19.3. The Morgan fingerprint density at radius 1 is 0.911 bits per heavy atom. The van der Waals surface area contributed by atoms with Crippen LogP contribution in [0.2, 0.25) is 16.4 Å². The van der Waals surface area contributed by atoms with Crippen molar-refractivity contribution in [1.82, 2.24) is 4.90 Å². The Balaban J connectivity index is 1.33. The summed E-state index contributed by atoms with van der Waals surface area (Å²) in [6.07, 6.45) is 3.34. The summed E-state index contributed by atoms with van der Waals surface area (Å²) in [6, 6.07) is 15.1. The first-order valence-corrected chi connectivity index (χ1v) is 16.8. The van der Waals surface area contributed by atoms with Gasteiger partial charge in [0, 0.05) is 31.9 Å². The Hall–Kier alpha value is -2.30. The van der Waals surface area contributed by atoms with Crippen molar-refractivity contribution >= 4 is 47.9 Å². The van der Waals surface area contributed by atoms with Crippen LogP contribution in [0.5, 0.6) is 0 Å². The van der Waals surface area contributed by atoms with Gasteiger partial charge in [0.1, 0.15) is 6.61 Å². The number of benzene rings is 2. The van der Waals surface area contributed by atoms with Crippen LogP contribution in [0.15, 0.2) is 48.5 Å². The van der Waals surface area contributed by atoms with Crippen molar-refractivity contribution in [3.8, 4) is 0 Å². The summed E-state index contributed by atoms with van der Waals surface area (Å²) in [7, 11) is -0.326. The zero-order valence-electron chi connectivity index (χ0n) is 27.0. The molecule has 0 aliphatic carbocycles. The van der Waals surface area contributed by atoms with E-state index >= 15 is 0 Å². The highest BCUT2D eigenvalue weighted by atomic mass is 35.5. The second-order valence-corrected chi connectivity index (χ2v) is 14.2. The largest absolute Gasteiger partial charge is 0.481 e. The Morgan fingerprint density at radius 3 is 2.18 bits per heavy atom. The number of hydrogen-bond acceptors (Lipinski definition) is 7. The number of aliphatic carboxylic acids is 1. The molecule has 246 valence electrons. The van der Waals surface area contributed by atoms with Crippen molar-refractivity contribution < 1.29 is 28.7 Å². The fourth-order valence-corrected chi connectivity index (χ4v) is 6.36. The quantitative estimate of drug-likeness (QED) is 0.120. The molecule has 4 rings (SSSR count). The lowest BCUT2D eigenvalue weighted by atomic mass is 9.74. The summed E-state index contributed by atoms with van der Waals surface area (Å²) < 4.78 is 17.8. The first-order chi connectivity index (χ1) is 21.3. The van der Waals surface area contributed by atoms with Crippen molar-refractivity contribution in [1.29, 1.82) is 0 Å². The molecule has 0 amide bonds. The second kappa shape index (κ2) is 15.5. The molecular weight excluding hydrogens is 614 g/mol. The number of carbonyl (C=O) groups excluding carboxylic acids is 1. The lowest BCUT2D eigenvalue weighted by Gasteiger charge is -2.37. The van der Waals surface area contributed by atoms with Crippen LogP contribution in [0.3, 0.4) is 0 Å². The number of rotatable bonds is 15. The molecule has 0 spiro atoms. The highest BCUT2D eigenvalue weighted by Gasteiger charge is 2.50. The first kappa shape index (κ1) is 35.6. The van der Waals surface area contributed by atoms with Crippen LogP contribution in [0.25, 0.3) is 0 Å². The number of piperazine rings is 1. The maximum atomic E-state index is 13.0. The molecule has 0 radical (unpaired) electrons. The van der Waals surface area contributed by atoms with Crippen molar-refractivity contribution in [2.45, 2.75) is 90.3 Å². The molecule has 2 aliphatic heterocycles. The Kier molecular flexibility index (Phi) is 12.3. The van der Waals surface area contributed by atoms with Gasteiger partial charge in [-0.05, 0) is 83.6 Å². The molecule has 11 heteroatoms. The molecule has 0 saturated carbocycles. The van der Waals surface area contributed by atoms with Gasteiger partial charge in [-0.3, -0.25) is 14.5 Å². The van der Waals surface area contributed by atoms with Gasteiger partial charge in [-0.1, -0.05) is 66.4 Å². The molecule has 2 saturated heterocycles. The minimum atomic E-state index is -1.20. The van der Waals surface area contributed by atoms with E-state index in [9.17, 15) is 14.7 Å². The molecule has 2 heterocycles. The topological polar surface area (TPSA) is 88.5 Å². The fraction of sp³-hybridized carbons (Fsp3) is 0.588. The highest BCUT2D eigenvalue weighted by molar-refractivity contribution is 6.45. The third-order valence-electron chi connectivity index (χ3n) is 9.60. The van der Waals surface area contributed by atoms with E-state index in [4.69, 9.17) is 37.2 Å². The van der Waals surface area contributed by atoms with Gasteiger partial charge in [-0.15, -0.1) is 0 Å². The van der Waals surface area contributed by atoms with Crippen molar-refractivity contribution in [2.75, 3.05) is 37.6 Å². The number of ether oxygens (including phenoxy) is 1. The zero-order chi connectivity index (χ0) is 32.7. The summed E-state index contributed by atoms with van der Waals surface area (Å²) in [5.41, 5.74) is -0.0971. The van der Waals surface area contributed by atoms with Crippen molar-refractivity contribution in [3.63, 3.8) is 0 Å². The lowest BCUT2D eigenvalue weighted by molar-refractivity contribution is -0.160. The molecule has 1 atom stereocenters. The molecule has 45 heavy (non-hydrogen) atoms. The van der Waals surface area contributed by atoms with Gasteiger partial charge in [0.05, 0.1) is 33.1 Å². The monoisotopic (exact) mass is 660 g/mol. The minimum Gasteiger partial charge on any atom is -0.481 e. The number of nitrogens with zero attached hydrogens (tertiary/aromatic N) is 2. The first-order valence-electron chi connectivity index (χ1n) is 16.0. The summed E-state index contributed by atoms with van der Waals surface area (Å²) in [6.45, 7) is 12.4. The highest BCUT2D eigenvalue weighted by Crippen LogP contribution is 2.40. The van der Waals surface area contributed by atoms with Gasteiger partial charge in [0.25, 0.3) is 0 Å². The molecule has 2 aromatic rings. The maximum Gasteiger partial charge on any atom is 0.457 e. The third-order valence-corrected chi connectivity index (χ3v) is 10.3. The molecule has 1 N–H and O–H groups in total. The van der Waals surface area contributed by atoms with E-state index in [2.05, 4.69) is 9.80 Å². The Morgan fingerprint density at radius 2 is 1.56 bits per heavy atom. The smallest absolute Gasteiger partial charge is 0.457 e. The van der Waals surface area contributed by atoms with Gasteiger partial charge < -0.3 is 24.1 Å². The summed E-state index contributed by atoms with van der Waals surface area (Å²) in [5, 5.41) is 11.6. The number of carbonyl (C=O) groups is 2. The van der Waals surface area contributed by atoms with E-state index in [1.807, 2.05) is 76.2 Å². The summed E-state index contributed by atoms with van der Waals surface area (Å²) in [4.78, 5) is 30.6. The van der Waals surface area contributed by atoms with Crippen LogP contribution in [0, 0.1) is 5.41 Å². The van der Waals surface area contributed by atoms with Crippen molar-refractivity contribution in [2.24, 2.45) is 5.41 Å². The van der Waals surface area contributed by atoms with Crippen LogP contribution in [-0.4, -0.2) is 73.0 Å². The number of carboxylic acid groups (broad SMARTS) is 1. The number of carboxylic acids is 1. The van der Waals surface area contributed by atoms with E-state index in [1.54, 1.807) is 0 Å². The molecule has 2 aromatic carbocycles. The maximum absolute atomic E-state index is 13.0. The minimum absolute atomic E-state index is 0.125. The van der Waals surface area contributed by atoms with E-state index in [1.165, 1.54) is 0 Å². The van der Waals surface area contributed by atoms with Gasteiger partial charge in [-0.25, -0.2) is 0 Å². The lowest BCUT2D eigenvalue weighted by Crippen LogP contribution is -2.47.